The number of benzene rings is 8. The predicted octanol–water partition coefficient (Wildman–Crippen LogP) is 12.2. The molecule has 0 aliphatic heterocycles. The summed E-state index contributed by atoms with van der Waals surface area (Å²) in [7, 11) is 0. The Morgan fingerprint density at radius 1 is 0.404 bits per heavy atom. The van der Waals surface area contributed by atoms with Gasteiger partial charge in [-0.3, -0.25) is 0 Å². The predicted molar refractivity (Wildman–Crippen MR) is 213 cm³/mol. The molecule has 242 valence electrons. The Morgan fingerprint density at radius 3 is 1.77 bits per heavy atom. The highest BCUT2D eigenvalue weighted by molar-refractivity contribution is 6.24. The molecule has 8 aromatic carbocycles. The molecule has 0 fully saturated rings. The largest absolute Gasteiger partial charge is 0.455 e. The quantitative estimate of drug-likeness (QED) is 0.188. The van der Waals surface area contributed by atoms with Gasteiger partial charge in [0.1, 0.15) is 11.2 Å². The molecule has 0 aliphatic carbocycles. The molecule has 0 N–H and O–H groups in total. The number of fused-ring (bicyclic) bond motifs is 10. The van der Waals surface area contributed by atoms with Crippen LogP contribution in [0.4, 0.5) is 0 Å². The van der Waals surface area contributed by atoms with Crippen molar-refractivity contribution in [2.24, 2.45) is 0 Å². The smallest absolute Gasteiger partial charge is 0.164 e. The molecular formula is C47H28N4O. The number of rotatable bonds is 4. The van der Waals surface area contributed by atoms with Crippen molar-refractivity contribution >= 4 is 65.3 Å². The van der Waals surface area contributed by atoms with Gasteiger partial charge in [-0.1, -0.05) is 146 Å². The van der Waals surface area contributed by atoms with Gasteiger partial charge in [0.25, 0.3) is 0 Å². The maximum absolute atomic E-state index is 6.78. The third-order valence-corrected chi connectivity index (χ3v) is 10.2. The zero-order valence-electron chi connectivity index (χ0n) is 27.9. The normalized spacial score (nSPS) is 11.8. The van der Waals surface area contributed by atoms with E-state index in [1.54, 1.807) is 0 Å². The van der Waals surface area contributed by atoms with E-state index < -0.39 is 0 Å². The van der Waals surface area contributed by atoms with Gasteiger partial charge >= 0.3 is 0 Å². The van der Waals surface area contributed by atoms with Gasteiger partial charge in [-0.2, -0.15) is 0 Å². The lowest BCUT2D eigenvalue weighted by atomic mass is 10.0. The van der Waals surface area contributed by atoms with Gasteiger partial charge in [0.2, 0.25) is 0 Å². The van der Waals surface area contributed by atoms with Crippen LogP contribution in [0.5, 0.6) is 0 Å². The van der Waals surface area contributed by atoms with Crippen molar-refractivity contribution in [3.8, 4) is 39.9 Å². The zero-order chi connectivity index (χ0) is 34.2. The van der Waals surface area contributed by atoms with Crippen LogP contribution in [-0.2, 0) is 0 Å². The first-order chi connectivity index (χ1) is 25.8. The molecule has 0 spiro atoms. The summed E-state index contributed by atoms with van der Waals surface area (Å²) in [5.41, 5.74) is 7.79. The number of hydrogen-bond acceptors (Lipinski definition) is 4. The summed E-state index contributed by atoms with van der Waals surface area (Å²) in [5.74, 6) is 1.84. The summed E-state index contributed by atoms with van der Waals surface area (Å²) in [5, 5.41) is 9.10. The van der Waals surface area contributed by atoms with Crippen LogP contribution in [0.2, 0.25) is 0 Å². The lowest BCUT2D eigenvalue weighted by Gasteiger charge is -2.13. The van der Waals surface area contributed by atoms with Gasteiger partial charge in [-0.25, -0.2) is 15.0 Å². The van der Waals surface area contributed by atoms with Gasteiger partial charge in [-0.05, 0) is 35.0 Å². The highest BCUT2D eigenvalue weighted by Gasteiger charge is 2.22. The van der Waals surface area contributed by atoms with Crippen LogP contribution in [-0.4, -0.2) is 19.5 Å². The fourth-order valence-corrected chi connectivity index (χ4v) is 7.93. The van der Waals surface area contributed by atoms with Gasteiger partial charge in [0.15, 0.2) is 17.5 Å². The van der Waals surface area contributed by atoms with E-state index >= 15 is 0 Å². The summed E-state index contributed by atoms with van der Waals surface area (Å²) in [6.45, 7) is 0. The summed E-state index contributed by atoms with van der Waals surface area (Å²) >= 11 is 0. The molecule has 0 bridgehead atoms. The van der Waals surface area contributed by atoms with Crippen molar-refractivity contribution in [3.05, 3.63) is 170 Å². The topological polar surface area (TPSA) is 56.7 Å². The van der Waals surface area contributed by atoms with Crippen molar-refractivity contribution < 1.29 is 4.42 Å². The Bertz CT molecular complexity index is 3120. The van der Waals surface area contributed by atoms with Crippen molar-refractivity contribution in [1.82, 2.24) is 19.5 Å². The zero-order valence-corrected chi connectivity index (χ0v) is 27.9. The van der Waals surface area contributed by atoms with Gasteiger partial charge in [0.05, 0.1) is 16.7 Å². The Morgan fingerprint density at radius 2 is 1.02 bits per heavy atom. The molecule has 0 amide bonds. The minimum Gasteiger partial charge on any atom is -0.455 e. The highest BCUT2D eigenvalue weighted by Crippen LogP contribution is 2.44. The molecule has 3 heterocycles. The van der Waals surface area contributed by atoms with Crippen LogP contribution in [0.1, 0.15) is 0 Å². The summed E-state index contributed by atoms with van der Waals surface area (Å²) < 4.78 is 9.20. The van der Waals surface area contributed by atoms with Crippen LogP contribution in [0.15, 0.2) is 174 Å². The monoisotopic (exact) mass is 664 g/mol. The Balaban J connectivity index is 1.24. The molecule has 0 unspecified atom stereocenters. The standard InChI is InChI=1S/C47H28N4O/c1-3-15-30(16-4-1)45-48-46(31-17-5-2-6-18-31)50-47(49-45)36-23-13-25-41-43(36)37-28-40(33-20-9-10-21-34(33)44(37)52-41)51-38-24-12-11-22-35(38)42-32-19-8-7-14-29(32)26-27-39(42)51/h1-28H. The maximum atomic E-state index is 6.78. The lowest BCUT2D eigenvalue weighted by Crippen LogP contribution is -2.00. The molecule has 0 saturated carbocycles. The van der Waals surface area contributed by atoms with E-state index in [4.69, 9.17) is 19.4 Å². The average Bonchev–Trinajstić information content (AvgIpc) is 3.77. The number of aromatic nitrogens is 4. The first-order valence-electron chi connectivity index (χ1n) is 17.5. The molecule has 5 nitrogen and oxygen atoms in total. The summed E-state index contributed by atoms with van der Waals surface area (Å²) in [4.78, 5) is 15.2. The highest BCUT2D eigenvalue weighted by atomic mass is 16.3. The van der Waals surface area contributed by atoms with Crippen LogP contribution in [0.3, 0.4) is 0 Å². The van der Waals surface area contributed by atoms with Crippen LogP contribution in [0.25, 0.3) is 105 Å². The fraction of sp³-hybridized carbons (Fsp3) is 0. The maximum Gasteiger partial charge on any atom is 0.164 e. The van der Waals surface area contributed by atoms with Crippen LogP contribution in [0, 0.1) is 0 Å². The van der Waals surface area contributed by atoms with E-state index in [1.165, 1.54) is 21.5 Å². The van der Waals surface area contributed by atoms with Crippen LogP contribution >= 0.6 is 0 Å². The molecule has 5 heteroatoms. The Kier molecular flexibility index (Phi) is 6.18. The van der Waals surface area contributed by atoms with Crippen molar-refractivity contribution in [2.75, 3.05) is 0 Å². The number of furan rings is 1. The Hall–Kier alpha value is -7.11. The minimum absolute atomic E-state index is 0.596. The van der Waals surface area contributed by atoms with E-state index in [1.807, 2.05) is 72.8 Å². The molecule has 0 atom stereocenters. The van der Waals surface area contributed by atoms with E-state index in [0.717, 1.165) is 66.1 Å². The second kappa shape index (κ2) is 11.2. The first kappa shape index (κ1) is 28.7. The molecule has 0 aliphatic rings. The number of para-hydroxylation sites is 1. The van der Waals surface area contributed by atoms with Crippen molar-refractivity contribution in [2.45, 2.75) is 0 Å². The SMILES string of the molecule is c1ccc(-c2nc(-c3ccccc3)nc(-c3cccc4oc5c6ccccc6c(-n6c7ccccc7c7c8ccccc8ccc76)cc5c34)n2)cc1. The summed E-state index contributed by atoms with van der Waals surface area (Å²) in [6, 6.07) is 59.1. The second-order valence-electron chi connectivity index (χ2n) is 13.2. The number of nitrogens with zero attached hydrogens (tertiary/aromatic N) is 4. The number of hydrogen-bond donors (Lipinski definition) is 0. The average molecular weight is 665 g/mol. The van der Waals surface area contributed by atoms with Crippen molar-refractivity contribution in [1.29, 1.82) is 0 Å². The van der Waals surface area contributed by atoms with E-state index in [9.17, 15) is 0 Å². The third-order valence-electron chi connectivity index (χ3n) is 10.2. The van der Waals surface area contributed by atoms with E-state index in [0.29, 0.717) is 17.5 Å². The van der Waals surface area contributed by atoms with E-state index in [-0.39, 0.29) is 0 Å². The lowest BCUT2D eigenvalue weighted by molar-refractivity contribution is 0.672. The van der Waals surface area contributed by atoms with Crippen LogP contribution < -0.4 is 0 Å². The van der Waals surface area contributed by atoms with Gasteiger partial charge in [-0.15, -0.1) is 0 Å². The minimum atomic E-state index is 0.596. The summed E-state index contributed by atoms with van der Waals surface area (Å²) in [6.07, 6.45) is 0. The first-order valence-corrected chi connectivity index (χ1v) is 17.5. The van der Waals surface area contributed by atoms with Crippen molar-refractivity contribution in [3.63, 3.8) is 0 Å². The molecule has 0 saturated heterocycles. The molecule has 3 aromatic heterocycles. The van der Waals surface area contributed by atoms with Gasteiger partial charge < -0.3 is 8.98 Å². The molecule has 52 heavy (non-hydrogen) atoms. The van der Waals surface area contributed by atoms with E-state index in [2.05, 4.69) is 102 Å². The Labute approximate surface area is 298 Å². The van der Waals surface area contributed by atoms with Gasteiger partial charge in [0, 0.05) is 49.0 Å². The molecule has 0 radical (unpaired) electrons. The molecular weight excluding hydrogens is 637 g/mol. The molecule has 11 aromatic rings. The molecule has 11 rings (SSSR count). The second-order valence-corrected chi connectivity index (χ2v) is 13.2. The fourth-order valence-electron chi connectivity index (χ4n) is 7.93. The third kappa shape index (κ3) is 4.26.